The van der Waals surface area contributed by atoms with Crippen LogP contribution in [-0.4, -0.2) is 23.1 Å². The lowest BCUT2D eigenvalue weighted by atomic mass is 9.90. The average Bonchev–Trinajstić information content (AvgIpc) is 2.47. The fourth-order valence-electron chi connectivity index (χ4n) is 2.21. The minimum atomic E-state index is -0.412. The van der Waals surface area contributed by atoms with E-state index in [1.807, 2.05) is 0 Å². The van der Waals surface area contributed by atoms with E-state index in [1.165, 1.54) is 6.20 Å². The number of nitrogens with zero attached hydrogens (tertiary/aromatic N) is 1. The molecule has 20 heavy (non-hydrogen) atoms. The van der Waals surface area contributed by atoms with E-state index in [0.29, 0.717) is 23.7 Å². The molecular weight excluding hydrogens is 254 g/mol. The predicted molar refractivity (Wildman–Crippen MR) is 81.8 cm³/mol. The third-order valence-electron chi connectivity index (χ3n) is 3.85. The maximum atomic E-state index is 11.8. The number of hydrogen-bond acceptors (Lipinski definition) is 5. The van der Waals surface area contributed by atoms with Gasteiger partial charge in [-0.3, -0.25) is 0 Å². The largest absolute Gasteiger partial charge is 0.462 e. The Morgan fingerprint density at radius 1 is 1.30 bits per heavy atom. The normalized spacial score (nSPS) is 11.2. The topological polar surface area (TPSA) is 77.2 Å². The van der Waals surface area contributed by atoms with Gasteiger partial charge in [0.15, 0.2) is 0 Å². The highest BCUT2D eigenvalue weighted by molar-refractivity contribution is 5.95. The van der Waals surface area contributed by atoms with Crippen molar-refractivity contribution < 1.29 is 9.53 Å². The SMILES string of the molecule is CCOC(=O)c1cc(NC(CC)(CC)CC)ncc1N. The number of ether oxygens (including phenoxy) is 1. The van der Waals surface area contributed by atoms with Gasteiger partial charge in [0, 0.05) is 5.54 Å². The van der Waals surface area contributed by atoms with Crippen molar-refractivity contribution in [3.05, 3.63) is 17.8 Å². The van der Waals surface area contributed by atoms with Crippen molar-refractivity contribution in [1.82, 2.24) is 4.98 Å². The average molecular weight is 279 g/mol. The third kappa shape index (κ3) is 3.62. The van der Waals surface area contributed by atoms with Gasteiger partial charge in [-0.1, -0.05) is 20.8 Å². The molecule has 0 atom stereocenters. The van der Waals surface area contributed by atoms with Crippen LogP contribution in [0.25, 0.3) is 0 Å². The van der Waals surface area contributed by atoms with E-state index in [2.05, 4.69) is 31.1 Å². The molecule has 0 saturated heterocycles. The molecule has 1 heterocycles. The van der Waals surface area contributed by atoms with Crippen LogP contribution in [0.15, 0.2) is 12.3 Å². The van der Waals surface area contributed by atoms with Gasteiger partial charge in [0.25, 0.3) is 0 Å². The second kappa shape index (κ2) is 7.12. The fourth-order valence-corrected chi connectivity index (χ4v) is 2.21. The summed E-state index contributed by atoms with van der Waals surface area (Å²) in [4.78, 5) is 16.1. The lowest BCUT2D eigenvalue weighted by molar-refractivity contribution is 0.0527. The molecule has 5 heteroatoms. The van der Waals surface area contributed by atoms with Gasteiger partial charge in [-0.15, -0.1) is 0 Å². The van der Waals surface area contributed by atoms with E-state index in [4.69, 9.17) is 10.5 Å². The fraction of sp³-hybridized carbons (Fsp3) is 0.600. The number of hydrogen-bond donors (Lipinski definition) is 2. The second-order valence-corrected chi connectivity index (χ2v) is 4.84. The van der Waals surface area contributed by atoms with Crippen molar-refractivity contribution in [1.29, 1.82) is 0 Å². The summed E-state index contributed by atoms with van der Waals surface area (Å²) in [6, 6.07) is 1.67. The molecular formula is C15H25N3O2. The van der Waals surface area contributed by atoms with Crippen LogP contribution in [0.5, 0.6) is 0 Å². The zero-order valence-electron chi connectivity index (χ0n) is 12.8. The van der Waals surface area contributed by atoms with Crippen LogP contribution in [0.4, 0.5) is 11.5 Å². The zero-order chi connectivity index (χ0) is 15.2. The first-order valence-electron chi connectivity index (χ1n) is 7.22. The van der Waals surface area contributed by atoms with Gasteiger partial charge >= 0.3 is 5.97 Å². The zero-order valence-corrected chi connectivity index (χ0v) is 12.8. The van der Waals surface area contributed by atoms with Crippen LogP contribution in [0.3, 0.4) is 0 Å². The third-order valence-corrected chi connectivity index (χ3v) is 3.85. The molecule has 112 valence electrons. The van der Waals surface area contributed by atoms with Crippen molar-refractivity contribution in [2.45, 2.75) is 52.5 Å². The number of anilines is 2. The van der Waals surface area contributed by atoms with Gasteiger partial charge in [-0.2, -0.15) is 0 Å². The van der Waals surface area contributed by atoms with E-state index in [9.17, 15) is 4.79 Å². The van der Waals surface area contributed by atoms with Gasteiger partial charge < -0.3 is 15.8 Å². The van der Waals surface area contributed by atoms with Crippen molar-refractivity contribution in [2.24, 2.45) is 0 Å². The summed E-state index contributed by atoms with van der Waals surface area (Å²) >= 11 is 0. The summed E-state index contributed by atoms with van der Waals surface area (Å²) in [5.41, 5.74) is 6.49. The van der Waals surface area contributed by atoms with Gasteiger partial charge in [0.1, 0.15) is 5.82 Å². The molecule has 0 bridgehead atoms. The van der Waals surface area contributed by atoms with Crippen molar-refractivity contribution in [2.75, 3.05) is 17.7 Å². The van der Waals surface area contributed by atoms with Crippen molar-refractivity contribution in [3.8, 4) is 0 Å². The van der Waals surface area contributed by atoms with Crippen LogP contribution in [-0.2, 0) is 4.74 Å². The second-order valence-electron chi connectivity index (χ2n) is 4.84. The summed E-state index contributed by atoms with van der Waals surface area (Å²) in [6.07, 6.45) is 4.46. The molecule has 0 aliphatic carbocycles. The molecule has 0 aliphatic heterocycles. The number of carbonyl (C=O) groups excluding carboxylic acids is 1. The molecule has 0 unspecified atom stereocenters. The molecule has 0 radical (unpaired) electrons. The van der Waals surface area contributed by atoms with Crippen LogP contribution in [0, 0.1) is 0 Å². The Morgan fingerprint density at radius 2 is 1.90 bits per heavy atom. The number of esters is 1. The highest BCUT2D eigenvalue weighted by Crippen LogP contribution is 2.26. The van der Waals surface area contributed by atoms with Gasteiger partial charge in [0.05, 0.1) is 24.1 Å². The molecule has 1 aromatic heterocycles. The van der Waals surface area contributed by atoms with E-state index in [-0.39, 0.29) is 5.54 Å². The molecule has 0 aromatic carbocycles. The minimum Gasteiger partial charge on any atom is -0.462 e. The van der Waals surface area contributed by atoms with E-state index in [1.54, 1.807) is 13.0 Å². The summed E-state index contributed by atoms with van der Waals surface area (Å²) in [7, 11) is 0. The number of aromatic nitrogens is 1. The molecule has 0 fully saturated rings. The first-order valence-corrected chi connectivity index (χ1v) is 7.22. The lowest BCUT2D eigenvalue weighted by Gasteiger charge is -2.32. The van der Waals surface area contributed by atoms with Gasteiger partial charge in [-0.25, -0.2) is 9.78 Å². The Balaban J connectivity index is 3.03. The van der Waals surface area contributed by atoms with E-state index < -0.39 is 5.97 Å². The Hall–Kier alpha value is -1.78. The predicted octanol–water partition coefficient (Wildman–Crippen LogP) is 3.22. The van der Waals surface area contributed by atoms with Crippen LogP contribution < -0.4 is 11.1 Å². The quantitative estimate of drug-likeness (QED) is 0.749. The van der Waals surface area contributed by atoms with E-state index >= 15 is 0 Å². The molecule has 1 rings (SSSR count). The first kappa shape index (κ1) is 16.3. The first-order chi connectivity index (χ1) is 9.51. The Kier molecular flexibility index (Phi) is 5.80. The molecule has 0 saturated carbocycles. The Bertz CT molecular complexity index is 448. The summed E-state index contributed by atoms with van der Waals surface area (Å²) in [5.74, 6) is 0.248. The maximum absolute atomic E-state index is 11.8. The molecule has 0 amide bonds. The number of nitrogen functional groups attached to an aromatic ring is 1. The van der Waals surface area contributed by atoms with Crippen LogP contribution >= 0.6 is 0 Å². The molecule has 0 spiro atoms. The van der Waals surface area contributed by atoms with E-state index in [0.717, 1.165) is 19.3 Å². The number of nitrogens with two attached hydrogens (primary N) is 1. The smallest absolute Gasteiger partial charge is 0.340 e. The number of nitrogens with one attached hydrogen (secondary N) is 1. The Labute approximate surface area is 120 Å². The highest BCUT2D eigenvalue weighted by atomic mass is 16.5. The highest BCUT2D eigenvalue weighted by Gasteiger charge is 2.24. The van der Waals surface area contributed by atoms with Crippen LogP contribution in [0.2, 0.25) is 0 Å². The summed E-state index contributed by atoms with van der Waals surface area (Å²) in [6.45, 7) is 8.52. The number of rotatable bonds is 7. The summed E-state index contributed by atoms with van der Waals surface area (Å²) < 4.78 is 5.00. The molecule has 5 nitrogen and oxygen atoms in total. The molecule has 0 aliphatic rings. The number of pyridine rings is 1. The van der Waals surface area contributed by atoms with Crippen molar-refractivity contribution in [3.63, 3.8) is 0 Å². The number of carbonyl (C=O) groups is 1. The van der Waals surface area contributed by atoms with Crippen LogP contribution in [0.1, 0.15) is 57.3 Å². The van der Waals surface area contributed by atoms with Crippen molar-refractivity contribution >= 4 is 17.5 Å². The Morgan fingerprint density at radius 3 is 2.40 bits per heavy atom. The monoisotopic (exact) mass is 279 g/mol. The minimum absolute atomic E-state index is 0.00491. The lowest BCUT2D eigenvalue weighted by Crippen LogP contribution is -2.36. The maximum Gasteiger partial charge on any atom is 0.340 e. The molecule has 1 aromatic rings. The van der Waals surface area contributed by atoms with Gasteiger partial charge in [-0.05, 0) is 32.3 Å². The standard InChI is InChI=1S/C15H25N3O2/c1-5-15(6-2,7-3)18-13-9-11(12(16)10-17-13)14(19)20-8-4/h9-10H,5-8,16H2,1-4H3,(H,17,18). The molecule has 3 N–H and O–H groups in total. The summed E-state index contributed by atoms with van der Waals surface area (Å²) in [5, 5.41) is 3.43. The van der Waals surface area contributed by atoms with Gasteiger partial charge in [0.2, 0.25) is 0 Å².